The van der Waals surface area contributed by atoms with Crippen molar-refractivity contribution >= 4 is 0 Å². The van der Waals surface area contributed by atoms with E-state index in [0.29, 0.717) is 12.6 Å². The Morgan fingerprint density at radius 3 is 3.11 bits per heavy atom. The van der Waals surface area contributed by atoms with Crippen LogP contribution in [0.2, 0.25) is 0 Å². The molecule has 0 aliphatic rings. The molecule has 2 aromatic rings. The number of nitrogens with two attached hydrogens (primary N) is 1. The number of nitrogens with zero attached hydrogens (tertiary/aromatic N) is 3. The van der Waals surface area contributed by atoms with E-state index in [0.717, 1.165) is 31.0 Å². The van der Waals surface area contributed by atoms with Crippen LogP contribution in [0.4, 0.5) is 0 Å². The minimum absolute atomic E-state index is 0.369. The summed E-state index contributed by atoms with van der Waals surface area (Å²) in [6, 6.07) is 4.27. The second-order valence-electron chi connectivity index (χ2n) is 4.32. The standard InChI is InChI=1S/C12H19N5O/c1-10(7-12-3-2-6-18-12)14-4-5-17-9-11(8-13)15-16-17/h2-3,6,9-10,14H,4-5,7-8,13H2,1H3. The van der Waals surface area contributed by atoms with Gasteiger partial charge in [0, 0.05) is 31.7 Å². The molecule has 0 radical (unpaired) electrons. The molecular weight excluding hydrogens is 230 g/mol. The van der Waals surface area contributed by atoms with Crippen LogP contribution in [0, 0.1) is 0 Å². The third-order valence-electron chi connectivity index (χ3n) is 2.72. The van der Waals surface area contributed by atoms with Crippen molar-refractivity contribution in [3.63, 3.8) is 0 Å². The first kappa shape index (κ1) is 12.8. The van der Waals surface area contributed by atoms with Gasteiger partial charge in [-0.2, -0.15) is 0 Å². The summed E-state index contributed by atoms with van der Waals surface area (Å²) in [5.41, 5.74) is 6.29. The first-order chi connectivity index (χ1) is 8.78. The van der Waals surface area contributed by atoms with Gasteiger partial charge in [-0.1, -0.05) is 5.21 Å². The molecule has 3 N–H and O–H groups in total. The smallest absolute Gasteiger partial charge is 0.105 e. The molecule has 0 spiro atoms. The highest BCUT2D eigenvalue weighted by molar-refractivity contribution is 4.99. The highest BCUT2D eigenvalue weighted by atomic mass is 16.3. The van der Waals surface area contributed by atoms with Crippen molar-refractivity contribution in [2.45, 2.75) is 32.5 Å². The summed E-state index contributed by atoms with van der Waals surface area (Å²) in [5.74, 6) is 1.00. The summed E-state index contributed by atoms with van der Waals surface area (Å²) in [7, 11) is 0. The molecule has 2 heterocycles. The highest BCUT2D eigenvalue weighted by Crippen LogP contribution is 2.03. The first-order valence-electron chi connectivity index (χ1n) is 6.13. The van der Waals surface area contributed by atoms with E-state index in [1.807, 2.05) is 18.3 Å². The largest absolute Gasteiger partial charge is 0.469 e. The van der Waals surface area contributed by atoms with E-state index >= 15 is 0 Å². The summed E-state index contributed by atoms with van der Waals surface area (Å²) < 4.78 is 7.11. The lowest BCUT2D eigenvalue weighted by atomic mass is 10.2. The average Bonchev–Trinajstić information content (AvgIpc) is 3.00. The molecular formula is C12H19N5O. The van der Waals surface area contributed by atoms with E-state index in [4.69, 9.17) is 10.2 Å². The first-order valence-corrected chi connectivity index (χ1v) is 6.13. The Morgan fingerprint density at radius 2 is 2.44 bits per heavy atom. The molecule has 98 valence electrons. The normalized spacial score (nSPS) is 12.8. The fourth-order valence-corrected chi connectivity index (χ4v) is 1.77. The molecule has 6 heteroatoms. The van der Waals surface area contributed by atoms with Crippen LogP contribution in [0.15, 0.2) is 29.0 Å². The SMILES string of the molecule is CC(Cc1ccco1)NCCn1cc(CN)nn1. The van der Waals surface area contributed by atoms with Gasteiger partial charge >= 0.3 is 0 Å². The Labute approximate surface area is 106 Å². The number of aromatic nitrogens is 3. The maximum absolute atomic E-state index is 5.47. The van der Waals surface area contributed by atoms with E-state index in [9.17, 15) is 0 Å². The van der Waals surface area contributed by atoms with Crippen molar-refractivity contribution in [2.75, 3.05) is 6.54 Å². The number of rotatable bonds is 7. The lowest BCUT2D eigenvalue weighted by Gasteiger charge is -2.11. The summed E-state index contributed by atoms with van der Waals surface area (Å²) in [4.78, 5) is 0. The zero-order valence-corrected chi connectivity index (χ0v) is 10.5. The van der Waals surface area contributed by atoms with E-state index in [-0.39, 0.29) is 0 Å². The molecule has 18 heavy (non-hydrogen) atoms. The lowest BCUT2D eigenvalue weighted by molar-refractivity contribution is 0.441. The van der Waals surface area contributed by atoms with Gasteiger partial charge in [-0.15, -0.1) is 5.10 Å². The Balaban J connectivity index is 1.68. The van der Waals surface area contributed by atoms with Gasteiger partial charge < -0.3 is 15.5 Å². The van der Waals surface area contributed by atoms with Crippen molar-refractivity contribution in [2.24, 2.45) is 5.73 Å². The van der Waals surface area contributed by atoms with Gasteiger partial charge in [0.15, 0.2) is 0 Å². The molecule has 0 saturated heterocycles. The molecule has 1 unspecified atom stereocenters. The lowest BCUT2D eigenvalue weighted by Crippen LogP contribution is -2.31. The van der Waals surface area contributed by atoms with E-state index in [1.165, 1.54) is 0 Å². The fraction of sp³-hybridized carbons (Fsp3) is 0.500. The molecule has 2 aromatic heterocycles. The van der Waals surface area contributed by atoms with Gasteiger partial charge in [-0.05, 0) is 19.1 Å². The van der Waals surface area contributed by atoms with Gasteiger partial charge in [0.05, 0.1) is 18.5 Å². The Hall–Kier alpha value is -1.66. The molecule has 0 amide bonds. The maximum Gasteiger partial charge on any atom is 0.105 e. The van der Waals surface area contributed by atoms with Gasteiger partial charge in [-0.25, -0.2) is 0 Å². The Kier molecular flexibility index (Phi) is 4.49. The Bertz CT molecular complexity index is 451. The quantitative estimate of drug-likeness (QED) is 0.749. The third-order valence-corrected chi connectivity index (χ3v) is 2.72. The van der Waals surface area contributed by atoms with Crippen molar-refractivity contribution in [3.8, 4) is 0 Å². The van der Waals surface area contributed by atoms with Crippen LogP contribution in [-0.2, 0) is 19.5 Å². The van der Waals surface area contributed by atoms with Crippen molar-refractivity contribution in [1.82, 2.24) is 20.3 Å². The van der Waals surface area contributed by atoms with Gasteiger partial charge in [0.25, 0.3) is 0 Å². The van der Waals surface area contributed by atoms with Gasteiger partial charge in [0.2, 0.25) is 0 Å². The van der Waals surface area contributed by atoms with Gasteiger partial charge in [-0.3, -0.25) is 4.68 Å². The van der Waals surface area contributed by atoms with Crippen LogP contribution in [0.3, 0.4) is 0 Å². The molecule has 0 aliphatic carbocycles. The zero-order valence-electron chi connectivity index (χ0n) is 10.5. The molecule has 6 nitrogen and oxygen atoms in total. The summed E-state index contributed by atoms with van der Waals surface area (Å²) >= 11 is 0. The van der Waals surface area contributed by atoms with Gasteiger partial charge in [0.1, 0.15) is 5.76 Å². The van der Waals surface area contributed by atoms with Crippen LogP contribution in [0.25, 0.3) is 0 Å². The summed E-state index contributed by atoms with van der Waals surface area (Å²) in [5, 5.41) is 11.3. The van der Waals surface area contributed by atoms with E-state index in [1.54, 1.807) is 10.9 Å². The minimum Gasteiger partial charge on any atom is -0.469 e. The van der Waals surface area contributed by atoms with Crippen LogP contribution < -0.4 is 11.1 Å². The van der Waals surface area contributed by atoms with Crippen LogP contribution >= 0.6 is 0 Å². The van der Waals surface area contributed by atoms with E-state index in [2.05, 4.69) is 22.6 Å². The molecule has 1 atom stereocenters. The van der Waals surface area contributed by atoms with E-state index < -0.39 is 0 Å². The summed E-state index contributed by atoms with van der Waals surface area (Å²) in [6.07, 6.45) is 4.46. The van der Waals surface area contributed by atoms with Crippen LogP contribution in [0.5, 0.6) is 0 Å². The molecule has 0 fully saturated rings. The predicted octanol–water partition coefficient (Wildman–Crippen LogP) is 0.551. The predicted molar refractivity (Wildman–Crippen MR) is 67.8 cm³/mol. The fourth-order valence-electron chi connectivity index (χ4n) is 1.77. The maximum atomic E-state index is 5.47. The molecule has 0 aromatic carbocycles. The molecule has 0 aliphatic heterocycles. The second-order valence-corrected chi connectivity index (χ2v) is 4.32. The average molecular weight is 249 g/mol. The second kappa shape index (κ2) is 6.32. The van der Waals surface area contributed by atoms with Crippen LogP contribution in [-0.4, -0.2) is 27.6 Å². The van der Waals surface area contributed by atoms with Crippen molar-refractivity contribution in [1.29, 1.82) is 0 Å². The number of nitrogens with one attached hydrogen (secondary N) is 1. The molecule has 0 bridgehead atoms. The number of hydrogen-bond donors (Lipinski definition) is 2. The van der Waals surface area contributed by atoms with Crippen molar-refractivity contribution in [3.05, 3.63) is 36.0 Å². The van der Waals surface area contributed by atoms with Crippen LogP contribution in [0.1, 0.15) is 18.4 Å². The minimum atomic E-state index is 0.369. The third kappa shape index (κ3) is 3.68. The zero-order chi connectivity index (χ0) is 12.8. The molecule has 0 saturated carbocycles. The monoisotopic (exact) mass is 249 g/mol. The Morgan fingerprint density at radius 1 is 1.56 bits per heavy atom. The topological polar surface area (TPSA) is 81.9 Å². The molecule has 2 rings (SSSR count). The summed E-state index contributed by atoms with van der Waals surface area (Å²) in [6.45, 7) is 4.20. The van der Waals surface area contributed by atoms with Crippen molar-refractivity contribution < 1.29 is 4.42 Å². The number of furan rings is 1. The highest BCUT2D eigenvalue weighted by Gasteiger charge is 2.05. The number of hydrogen-bond acceptors (Lipinski definition) is 5.